The van der Waals surface area contributed by atoms with Crippen molar-refractivity contribution in [1.29, 1.82) is 5.26 Å². The number of nitrogens with one attached hydrogen (secondary N) is 1. The SMILES string of the molecule is C=CCn1c(SCC(=O)Nc2sc3c(c2C#N)CCCC3)nnc1-c1ccc(OCC(C)C)cc1. The van der Waals surface area contributed by atoms with Gasteiger partial charge in [0.25, 0.3) is 0 Å². The Balaban J connectivity index is 1.44. The molecule has 1 N–H and O–H groups in total. The van der Waals surface area contributed by atoms with Crippen molar-refractivity contribution in [2.24, 2.45) is 5.92 Å². The Kier molecular flexibility index (Phi) is 8.26. The van der Waals surface area contributed by atoms with Crippen molar-refractivity contribution >= 4 is 34.0 Å². The van der Waals surface area contributed by atoms with Gasteiger partial charge in [-0.15, -0.1) is 28.1 Å². The second kappa shape index (κ2) is 11.6. The lowest BCUT2D eigenvalue weighted by molar-refractivity contribution is -0.113. The zero-order valence-corrected chi connectivity index (χ0v) is 21.7. The summed E-state index contributed by atoms with van der Waals surface area (Å²) in [6.45, 7) is 9.27. The number of aromatic nitrogens is 3. The number of aryl methyl sites for hydroxylation is 1. The van der Waals surface area contributed by atoms with Gasteiger partial charge in [0.15, 0.2) is 11.0 Å². The van der Waals surface area contributed by atoms with Crippen molar-refractivity contribution in [1.82, 2.24) is 14.8 Å². The molecule has 1 amide bonds. The molecule has 0 spiro atoms. The number of nitriles is 1. The quantitative estimate of drug-likeness (QED) is 0.279. The van der Waals surface area contributed by atoms with Gasteiger partial charge in [0.2, 0.25) is 5.91 Å². The Labute approximate surface area is 214 Å². The smallest absolute Gasteiger partial charge is 0.235 e. The molecule has 9 heteroatoms. The highest BCUT2D eigenvalue weighted by Crippen LogP contribution is 2.37. The van der Waals surface area contributed by atoms with Crippen LogP contribution >= 0.6 is 23.1 Å². The zero-order valence-electron chi connectivity index (χ0n) is 20.0. The molecule has 1 aliphatic carbocycles. The average Bonchev–Trinajstić information content (AvgIpc) is 3.42. The highest BCUT2D eigenvalue weighted by molar-refractivity contribution is 7.99. The molecule has 35 heavy (non-hydrogen) atoms. The van der Waals surface area contributed by atoms with E-state index in [4.69, 9.17) is 4.74 Å². The number of amides is 1. The Bertz CT molecular complexity index is 1240. The van der Waals surface area contributed by atoms with Gasteiger partial charge in [-0.3, -0.25) is 9.36 Å². The van der Waals surface area contributed by atoms with E-state index in [1.54, 1.807) is 6.08 Å². The molecule has 1 aliphatic rings. The first kappa shape index (κ1) is 25.0. The summed E-state index contributed by atoms with van der Waals surface area (Å²) >= 11 is 2.85. The summed E-state index contributed by atoms with van der Waals surface area (Å²) in [5, 5.41) is 22.6. The van der Waals surface area contributed by atoms with Crippen molar-refractivity contribution in [2.45, 2.75) is 51.2 Å². The maximum Gasteiger partial charge on any atom is 0.235 e. The minimum atomic E-state index is -0.161. The number of carbonyl (C=O) groups is 1. The van der Waals surface area contributed by atoms with Crippen molar-refractivity contribution in [2.75, 3.05) is 17.7 Å². The van der Waals surface area contributed by atoms with Crippen LogP contribution in [0.1, 0.15) is 42.7 Å². The van der Waals surface area contributed by atoms with E-state index >= 15 is 0 Å². The summed E-state index contributed by atoms with van der Waals surface area (Å²) in [6.07, 6.45) is 5.91. The molecule has 0 atom stereocenters. The van der Waals surface area contributed by atoms with Crippen LogP contribution < -0.4 is 10.1 Å². The molecule has 3 aromatic rings. The first-order valence-electron chi connectivity index (χ1n) is 11.7. The fraction of sp³-hybridized carbons (Fsp3) is 0.385. The second-order valence-electron chi connectivity index (χ2n) is 8.80. The number of ether oxygens (including phenoxy) is 1. The monoisotopic (exact) mass is 507 g/mol. The van der Waals surface area contributed by atoms with Crippen LogP contribution in [0.4, 0.5) is 5.00 Å². The van der Waals surface area contributed by atoms with Gasteiger partial charge in [-0.05, 0) is 61.4 Å². The highest BCUT2D eigenvalue weighted by atomic mass is 32.2. The first-order chi connectivity index (χ1) is 17.0. The normalized spacial score (nSPS) is 12.7. The summed E-state index contributed by atoms with van der Waals surface area (Å²) in [5.41, 5.74) is 2.65. The summed E-state index contributed by atoms with van der Waals surface area (Å²) in [7, 11) is 0. The molecule has 7 nitrogen and oxygen atoms in total. The number of allylic oxidation sites excluding steroid dienone is 1. The van der Waals surface area contributed by atoms with E-state index in [0.29, 0.717) is 40.6 Å². The van der Waals surface area contributed by atoms with Gasteiger partial charge in [0, 0.05) is 17.0 Å². The number of hydrogen-bond acceptors (Lipinski definition) is 7. The molecular formula is C26H29N5O2S2. The fourth-order valence-electron chi connectivity index (χ4n) is 3.93. The van der Waals surface area contributed by atoms with E-state index in [1.165, 1.54) is 28.0 Å². The number of carbonyl (C=O) groups excluding carboxylic acids is 1. The van der Waals surface area contributed by atoms with Crippen LogP contribution in [0.15, 0.2) is 42.1 Å². The molecule has 0 bridgehead atoms. The van der Waals surface area contributed by atoms with Crippen LogP contribution in [-0.4, -0.2) is 33.0 Å². The van der Waals surface area contributed by atoms with E-state index in [-0.39, 0.29) is 11.7 Å². The molecule has 1 aromatic carbocycles. The van der Waals surface area contributed by atoms with Crippen molar-refractivity contribution < 1.29 is 9.53 Å². The molecule has 0 radical (unpaired) electrons. The number of anilines is 1. The molecule has 0 saturated heterocycles. The standard InChI is InChI=1S/C26H29N5O2S2/c1-4-13-31-24(18-9-11-19(12-10-18)33-15-17(2)3)29-30-26(31)34-16-23(32)28-25-21(14-27)20-7-5-6-8-22(20)35-25/h4,9-12,17H,1,5-8,13,15-16H2,2-3H3,(H,28,32). The molecular weight excluding hydrogens is 478 g/mol. The van der Waals surface area contributed by atoms with Gasteiger partial charge >= 0.3 is 0 Å². The third kappa shape index (κ3) is 5.95. The van der Waals surface area contributed by atoms with Gasteiger partial charge in [0.1, 0.15) is 16.8 Å². The lowest BCUT2D eigenvalue weighted by atomic mass is 9.96. The summed E-state index contributed by atoms with van der Waals surface area (Å²) in [6, 6.07) is 10.1. The van der Waals surface area contributed by atoms with Crippen LogP contribution in [0.5, 0.6) is 5.75 Å². The fourth-order valence-corrected chi connectivity index (χ4v) is 5.93. The number of thioether (sulfide) groups is 1. The predicted molar refractivity (Wildman–Crippen MR) is 141 cm³/mol. The number of nitrogens with zero attached hydrogens (tertiary/aromatic N) is 4. The lowest BCUT2D eigenvalue weighted by Gasteiger charge is -2.10. The van der Waals surface area contributed by atoms with Crippen molar-refractivity contribution in [3.05, 3.63) is 52.9 Å². The topological polar surface area (TPSA) is 92.8 Å². The number of benzene rings is 1. The Morgan fingerprint density at radius 1 is 1.31 bits per heavy atom. The zero-order chi connectivity index (χ0) is 24.8. The molecule has 0 saturated carbocycles. The number of hydrogen-bond donors (Lipinski definition) is 1. The first-order valence-corrected chi connectivity index (χ1v) is 13.5. The maximum absolute atomic E-state index is 12.7. The van der Waals surface area contributed by atoms with E-state index in [1.807, 2.05) is 28.8 Å². The van der Waals surface area contributed by atoms with Crippen molar-refractivity contribution in [3.8, 4) is 23.2 Å². The molecule has 182 valence electrons. The third-order valence-electron chi connectivity index (χ3n) is 5.59. The number of thiophene rings is 1. The summed E-state index contributed by atoms with van der Waals surface area (Å²) < 4.78 is 7.72. The van der Waals surface area contributed by atoms with Gasteiger partial charge < -0.3 is 10.1 Å². The van der Waals surface area contributed by atoms with Gasteiger partial charge in [-0.1, -0.05) is 31.7 Å². The van der Waals surface area contributed by atoms with Crippen LogP contribution in [0.25, 0.3) is 11.4 Å². The molecule has 0 fully saturated rings. The summed E-state index contributed by atoms with van der Waals surface area (Å²) in [4.78, 5) is 14.0. The lowest BCUT2D eigenvalue weighted by Crippen LogP contribution is -2.14. The number of rotatable bonds is 10. The van der Waals surface area contributed by atoms with Crippen LogP contribution in [0.2, 0.25) is 0 Å². The molecule has 4 rings (SSSR count). The Hall–Kier alpha value is -3.09. The summed E-state index contributed by atoms with van der Waals surface area (Å²) in [5.74, 6) is 1.99. The largest absolute Gasteiger partial charge is 0.493 e. The average molecular weight is 508 g/mol. The second-order valence-corrected chi connectivity index (χ2v) is 10.8. The van der Waals surface area contributed by atoms with Gasteiger partial charge in [-0.2, -0.15) is 5.26 Å². The molecule has 2 aromatic heterocycles. The van der Waals surface area contributed by atoms with Crippen LogP contribution in [0, 0.1) is 17.2 Å². The minimum absolute atomic E-state index is 0.161. The maximum atomic E-state index is 12.7. The minimum Gasteiger partial charge on any atom is -0.493 e. The highest BCUT2D eigenvalue weighted by Gasteiger charge is 2.22. The van der Waals surface area contributed by atoms with E-state index < -0.39 is 0 Å². The third-order valence-corrected chi connectivity index (χ3v) is 7.77. The Morgan fingerprint density at radius 3 is 2.80 bits per heavy atom. The molecule has 0 unspecified atom stereocenters. The van der Waals surface area contributed by atoms with E-state index in [2.05, 4.69) is 42.0 Å². The molecule has 2 heterocycles. The van der Waals surface area contributed by atoms with Crippen LogP contribution in [-0.2, 0) is 24.2 Å². The molecule has 0 aliphatic heterocycles. The van der Waals surface area contributed by atoms with Gasteiger partial charge in [-0.25, -0.2) is 0 Å². The van der Waals surface area contributed by atoms with Crippen molar-refractivity contribution in [3.63, 3.8) is 0 Å². The van der Waals surface area contributed by atoms with E-state index in [0.717, 1.165) is 42.6 Å². The Morgan fingerprint density at radius 2 is 2.09 bits per heavy atom. The number of fused-ring (bicyclic) bond motifs is 1. The van der Waals surface area contributed by atoms with Crippen LogP contribution in [0.3, 0.4) is 0 Å². The van der Waals surface area contributed by atoms with Gasteiger partial charge in [0.05, 0.1) is 17.9 Å². The predicted octanol–water partition coefficient (Wildman–Crippen LogP) is 5.71. The van der Waals surface area contributed by atoms with E-state index in [9.17, 15) is 10.1 Å².